The van der Waals surface area contributed by atoms with E-state index in [1.165, 1.54) is 49.0 Å². The van der Waals surface area contributed by atoms with Gasteiger partial charge >= 0.3 is 0 Å². The van der Waals surface area contributed by atoms with E-state index < -0.39 is 0 Å². The predicted molar refractivity (Wildman–Crippen MR) is 143 cm³/mol. The van der Waals surface area contributed by atoms with Crippen LogP contribution in [0.3, 0.4) is 0 Å². The van der Waals surface area contributed by atoms with Gasteiger partial charge in [0.25, 0.3) is 5.91 Å². The van der Waals surface area contributed by atoms with E-state index >= 15 is 0 Å². The molecule has 3 atom stereocenters. The van der Waals surface area contributed by atoms with Gasteiger partial charge in [0.2, 0.25) is 0 Å². The van der Waals surface area contributed by atoms with Gasteiger partial charge in [-0.25, -0.2) is 0 Å². The van der Waals surface area contributed by atoms with Crippen molar-refractivity contribution in [3.63, 3.8) is 0 Å². The lowest BCUT2D eigenvalue weighted by molar-refractivity contribution is 0.0772. The van der Waals surface area contributed by atoms with Crippen LogP contribution < -0.4 is 4.74 Å². The van der Waals surface area contributed by atoms with Gasteiger partial charge in [0.05, 0.1) is 0 Å². The highest BCUT2D eigenvalue weighted by molar-refractivity contribution is 8.03. The molecule has 2 aromatic carbocycles. The van der Waals surface area contributed by atoms with Gasteiger partial charge in [-0.15, -0.1) is 11.8 Å². The summed E-state index contributed by atoms with van der Waals surface area (Å²) in [7, 11) is 0. The first-order chi connectivity index (χ1) is 17.2. The molecule has 4 nitrogen and oxygen atoms in total. The summed E-state index contributed by atoms with van der Waals surface area (Å²) in [4.78, 5) is 19.3. The fourth-order valence-electron chi connectivity index (χ4n) is 6.94. The first-order valence-corrected chi connectivity index (χ1v) is 14.4. The molecule has 4 aliphatic heterocycles. The second kappa shape index (κ2) is 9.67. The van der Waals surface area contributed by atoms with Crippen LogP contribution in [0, 0.1) is 5.92 Å². The van der Waals surface area contributed by atoms with Crippen molar-refractivity contribution in [2.45, 2.75) is 64.0 Å². The number of nitrogens with zero attached hydrogens (tertiary/aromatic N) is 2. The Morgan fingerprint density at radius 3 is 2.49 bits per heavy atom. The van der Waals surface area contributed by atoms with Crippen LogP contribution in [0.4, 0.5) is 0 Å². The number of ether oxygens (including phenoxy) is 1. The number of carbonyl (C=O) groups excluding carboxylic acids is 1. The number of hydrogen-bond donors (Lipinski definition) is 0. The van der Waals surface area contributed by atoms with Crippen molar-refractivity contribution in [2.75, 3.05) is 25.4 Å². The average molecular weight is 489 g/mol. The lowest BCUT2D eigenvalue weighted by atomic mass is 9.72. The topological polar surface area (TPSA) is 32.8 Å². The minimum Gasteiger partial charge on any atom is -0.457 e. The highest BCUT2D eigenvalue weighted by atomic mass is 32.2. The molecule has 0 spiro atoms. The normalized spacial score (nSPS) is 27.1. The number of benzene rings is 2. The minimum atomic E-state index is 0.0854. The monoisotopic (exact) mass is 488 g/mol. The number of fused-ring (bicyclic) bond motifs is 4. The van der Waals surface area contributed by atoms with Gasteiger partial charge in [-0.05, 0) is 75.0 Å². The standard InChI is InChI=1S/C30H36N2O2S/c1-3-31(4-2)30(33)20-11-14-26-28(18-20)34-27-10-6-5-9-25(27)29(26)21-16-22-12-13-23(17-21)32(22)19-24-8-7-15-35-24/h5-6,8-11,14,18,21-23,29H,3-4,7,12-13,15-17,19H2,1-2H3. The Hall–Kier alpha value is -2.24. The summed E-state index contributed by atoms with van der Waals surface area (Å²) in [5, 5.41) is 0. The van der Waals surface area contributed by atoms with E-state index in [4.69, 9.17) is 4.74 Å². The predicted octanol–water partition coefficient (Wildman–Crippen LogP) is 6.67. The zero-order chi connectivity index (χ0) is 23.9. The summed E-state index contributed by atoms with van der Waals surface area (Å²) in [6.07, 6.45) is 8.83. The van der Waals surface area contributed by atoms with E-state index in [-0.39, 0.29) is 5.91 Å². The van der Waals surface area contributed by atoms with Gasteiger partial charge < -0.3 is 9.64 Å². The molecule has 5 heteroatoms. The fourth-order valence-corrected chi connectivity index (χ4v) is 7.91. The molecular formula is C30H36N2O2S. The van der Waals surface area contributed by atoms with Crippen molar-refractivity contribution in [3.8, 4) is 11.5 Å². The SMILES string of the molecule is CCN(CC)C(=O)c1ccc2c(c1)Oc1ccccc1C2C1CC2CCC(C1)N2CC1=CCCS1. The minimum absolute atomic E-state index is 0.0854. The maximum absolute atomic E-state index is 13.1. The maximum atomic E-state index is 13.1. The zero-order valence-electron chi connectivity index (χ0n) is 20.9. The Morgan fingerprint density at radius 1 is 1.03 bits per heavy atom. The molecule has 0 saturated carbocycles. The molecule has 184 valence electrons. The molecule has 2 fully saturated rings. The molecule has 2 aromatic rings. The van der Waals surface area contributed by atoms with Gasteiger partial charge in [0, 0.05) is 60.1 Å². The first kappa shape index (κ1) is 23.2. The largest absolute Gasteiger partial charge is 0.457 e. The Morgan fingerprint density at radius 2 is 1.77 bits per heavy atom. The molecule has 1 amide bonds. The third kappa shape index (κ3) is 4.21. The number of allylic oxidation sites excluding steroid dienone is 1. The first-order valence-electron chi connectivity index (χ1n) is 13.4. The molecule has 4 aliphatic rings. The number of amides is 1. The maximum Gasteiger partial charge on any atom is 0.253 e. The van der Waals surface area contributed by atoms with Crippen LogP contribution in [0.25, 0.3) is 0 Å². The molecular weight excluding hydrogens is 452 g/mol. The Balaban J connectivity index is 1.31. The molecule has 0 aromatic heterocycles. The number of thioether (sulfide) groups is 1. The van der Waals surface area contributed by atoms with Gasteiger partial charge in [-0.2, -0.15) is 0 Å². The van der Waals surface area contributed by atoms with Crippen LogP contribution in [0.2, 0.25) is 0 Å². The van der Waals surface area contributed by atoms with Crippen molar-refractivity contribution < 1.29 is 9.53 Å². The van der Waals surface area contributed by atoms with E-state index in [1.807, 2.05) is 30.9 Å². The summed E-state index contributed by atoms with van der Waals surface area (Å²) < 4.78 is 6.42. The van der Waals surface area contributed by atoms with Gasteiger partial charge in [-0.1, -0.05) is 30.3 Å². The van der Waals surface area contributed by atoms with Crippen molar-refractivity contribution >= 4 is 17.7 Å². The second-order valence-corrected chi connectivity index (χ2v) is 11.7. The number of hydrogen-bond acceptors (Lipinski definition) is 4. The van der Waals surface area contributed by atoms with E-state index in [9.17, 15) is 4.79 Å². The quantitative estimate of drug-likeness (QED) is 0.455. The number of carbonyl (C=O) groups is 1. The highest BCUT2D eigenvalue weighted by Crippen LogP contribution is 2.53. The number of piperidine rings is 1. The van der Waals surface area contributed by atoms with Crippen LogP contribution in [0.15, 0.2) is 53.4 Å². The summed E-state index contributed by atoms with van der Waals surface area (Å²) in [5.74, 6) is 4.10. The van der Waals surface area contributed by atoms with Crippen LogP contribution in [-0.2, 0) is 0 Å². The Labute approximate surface area is 213 Å². The number of rotatable bonds is 6. The summed E-state index contributed by atoms with van der Waals surface area (Å²) >= 11 is 2.06. The summed E-state index contributed by atoms with van der Waals surface area (Å²) in [6, 6.07) is 16.1. The zero-order valence-corrected chi connectivity index (χ0v) is 21.7. The van der Waals surface area contributed by atoms with Crippen molar-refractivity contribution in [1.82, 2.24) is 9.80 Å². The Kier molecular flexibility index (Phi) is 6.40. The lowest BCUT2D eigenvalue weighted by Gasteiger charge is -2.43. The molecule has 6 rings (SSSR count). The summed E-state index contributed by atoms with van der Waals surface area (Å²) in [6.45, 7) is 6.66. The summed E-state index contributed by atoms with van der Waals surface area (Å²) in [5.41, 5.74) is 3.30. The molecule has 4 heterocycles. The smallest absolute Gasteiger partial charge is 0.253 e. The third-order valence-corrected chi connectivity index (χ3v) is 9.73. The lowest BCUT2D eigenvalue weighted by Crippen LogP contribution is -2.45. The highest BCUT2D eigenvalue weighted by Gasteiger charge is 2.45. The van der Waals surface area contributed by atoms with Gasteiger partial charge in [-0.3, -0.25) is 9.69 Å². The molecule has 2 saturated heterocycles. The number of para-hydroxylation sites is 1. The van der Waals surface area contributed by atoms with Crippen molar-refractivity contribution in [2.24, 2.45) is 5.92 Å². The second-order valence-electron chi connectivity index (χ2n) is 10.4. The van der Waals surface area contributed by atoms with Crippen LogP contribution in [0.5, 0.6) is 11.5 Å². The van der Waals surface area contributed by atoms with Crippen LogP contribution in [0.1, 0.15) is 73.4 Å². The van der Waals surface area contributed by atoms with Crippen molar-refractivity contribution in [3.05, 3.63) is 70.1 Å². The van der Waals surface area contributed by atoms with Crippen molar-refractivity contribution in [1.29, 1.82) is 0 Å². The van der Waals surface area contributed by atoms with E-state index in [0.717, 1.165) is 36.7 Å². The van der Waals surface area contributed by atoms with E-state index in [1.54, 1.807) is 4.91 Å². The molecule has 35 heavy (non-hydrogen) atoms. The average Bonchev–Trinajstić information content (AvgIpc) is 3.47. The fraction of sp³-hybridized carbons (Fsp3) is 0.500. The van der Waals surface area contributed by atoms with Gasteiger partial charge in [0.15, 0.2) is 0 Å². The van der Waals surface area contributed by atoms with Crippen LogP contribution >= 0.6 is 11.8 Å². The van der Waals surface area contributed by atoms with Gasteiger partial charge in [0.1, 0.15) is 11.5 Å². The molecule has 0 N–H and O–H groups in total. The van der Waals surface area contributed by atoms with Crippen LogP contribution in [-0.4, -0.2) is 53.2 Å². The Bertz CT molecular complexity index is 1130. The molecule has 0 radical (unpaired) electrons. The van der Waals surface area contributed by atoms with E-state index in [0.29, 0.717) is 23.9 Å². The van der Waals surface area contributed by atoms with E-state index in [2.05, 4.69) is 53.1 Å². The third-order valence-electron chi connectivity index (χ3n) is 8.63. The molecule has 3 unspecified atom stereocenters. The molecule has 0 aliphatic carbocycles. The molecule has 2 bridgehead atoms.